The lowest BCUT2D eigenvalue weighted by molar-refractivity contribution is 0.0120. The second-order valence-corrected chi connectivity index (χ2v) is 8.77. The van der Waals surface area contributed by atoms with Crippen LogP contribution in [0.25, 0.3) is 0 Å². The lowest BCUT2D eigenvalue weighted by atomic mass is 9.53. The van der Waals surface area contributed by atoms with Gasteiger partial charge in [-0.25, -0.2) is 0 Å². The topological polar surface area (TPSA) is 29.4 Å². The Hall–Kier alpha value is -0.660. The molecule has 0 spiro atoms. The van der Waals surface area contributed by atoms with Gasteiger partial charge >= 0.3 is 0 Å². The minimum Gasteiger partial charge on any atom is -0.151 e. The first-order valence-corrected chi connectivity index (χ1v) is 9.70. The number of rotatable bonds is 2. The van der Waals surface area contributed by atoms with Gasteiger partial charge in [0.05, 0.1) is 6.04 Å². The predicted octanol–water partition coefficient (Wildman–Crippen LogP) is 5.86. The zero-order valence-electron chi connectivity index (χ0n) is 14.3. The predicted molar refractivity (Wildman–Crippen MR) is 90.5 cm³/mol. The van der Waals surface area contributed by atoms with Crippen LogP contribution in [-0.2, 0) is 0 Å². The van der Waals surface area contributed by atoms with Crippen LogP contribution in [0.1, 0.15) is 78.1 Å². The highest BCUT2D eigenvalue weighted by molar-refractivity contribution is 5.27. The van der Waals surface area contributed by atoms with Crippen molar-refractivity contribution in [3.8, 4) is 0 Å². The molecule has 0 heterocycles. The number of hydrogen-bond acceptors (Lipinski definition) is 2. The van der Waals surface area contributed by atoms with Crippen molar-refractivity contribution in [3.05, 3.63) is 16.1 Å². The third kappa shape index (κ3) is 2.05. The summed E-state index contributed by atoms with van der Waals surface area (Å²) in [5, 5.41) is 3.34. The van der Waals surface area contributed by atoms with E-state index in [0.29, 0.717) is 5.41 Å². The number of nitrogens with zero attached hydrogens (tertiary/aromatic N) is 1. The van der Waals surface area contributed by atoms with Gasteiger partial charge in [0.2, 0.25) is 0 Å². The van der Waals surface area contributed by atoms with Gasteiger partial charge in [0, 0.05) is 0 Å². The summed E-state index contributed by atoms with van der Waals surface area (Å²) in [5.74, 6) is 3.77. The fourth-order valence-electron chi connectivity index (χ4n) is 7.06. The normalized spacial score (nSPS) is 47.6. The third-order valence-corrected chi connectivity index (χ3v) is 8.19. The molecule has 4 aliphatic rings. The van der Waals surface area contributed by atoms with Crippen LogP contribution in [0.15, 0.2) is 16.3 Å². The maximum absolute atomic E-state index is 10.9. The Labute approximate surface area is 135 Å². The molecule has 0 radical (unpaired) electrons. The summed E-state index contributed by atoms with van der Waals surface area (Å²) in [7, 11) is 0. The van der Waals surface area contributed by atoms with Gasteiger partial charge in [0.15, 0.2) is 0 Å². The van der Waals surface area contributed by atoms with Gasteiger partial charge in [0.25, 0.3) is 0 Å². The SMILES string of the molecule is CC[C@H]1CCC2C3CCC4=C(CCC(N=O)C4)C3CCC21C. The maximum Gasteiger partial charge on any atom is 0.0959 e. The Kier molecular flexibility index (Phi) is 3.70. The standard InChI is InChI=1S/C20H31NO/c1-3-14-5-9-19-18-7-4-13-12-15(21-22)6-8-16(13)17(18)10-11-20(14,19)2/h14-15,17-19H,3-12H2,1-2H3/t14-,15?,17?,18?,19?,20?/m0/s1. The van der Waals surface area contributed by atoms with Gasteiger partial charge in [-0.15, -0.1) is 0 Å². The molecule has 4 rings (SSSR count). The molecule has 22 heavy (non-hydrogen) atoms. The fourth-order valence-corrected chi connectivity index (χ4v) is 7.06. The molecular weight excluding hydrogens is 270 g/mol. The summed E-state index contributed by atoms with van der Waals surface area (Å²) < 4.78 is 0. The lowest BCUT2D eigenvalue weighted by Crippen LogP contribution is -2.44. The van der Waals surface area contributed by atoms with Crippen molar-refractivity contribution < 1.29 is 0 Å². The van der Waals surface area contributed by atoms with Gasteiger partial charge in [-0.3, -0.25) is 0 Å². The number of hydrogen-bond donors (Lipinski definition) is 0. The Balaban J connectivity index is 1.60. The van der Waals surface area contributed by atoms with Crippen LogP contribution >= 0.6 is 0 Å². The van der Waals surface area contributed by atoms with Crippen molar-refractivity contribution in [1.29, 1.82) is 0 Å². The van der Waals surface area contributed by atoms with E-state index in [1.807, 2.05) is 0 Å². The molecule has 0 aromatic heterocycles. The van der Waals surface area contributed by atoms with Crippen molar-refractivity contribution in [2.24, 2.45) is 34.3 Å². The van der Waals surface area contributed by atoms with Crippen LogP contribution in [0.2, 0.25) is 0 Å². The molecule has 0 N–H and O–H groups in total. The maximum atomic E-state index is 10.9. The molecule has 0 aromatic carbocycles. The van der Waals surface area contributed by atoms with Crippen LogP contribution in [0, 0.1) is 34.0 Å². The molecule has 0 aliphatic heterocycles. The first-order valence-electron chi connectivity index (χ1n) is 9.70. The Bertz CT molecular complexity index is 496. The van der Waals surface area contributed by atoms with Crippen LogP contribution < -0.4 is 0 Å². The van der Waals surface area contributed by atoms with E-state index >= 15 is 0 Å². The van der Waals surface area contributed by atoms with E-state index in [4.69, 9.17) is 0 Å². The van der Waals surface area contributed by atoms with Crippen LogP contribution in [-0.4, -0.2) is 6.04 Å². The first kappa shape index (κ1) is 14.9. The van der Waals surface area contributed by atoms with Crippen molar-refractivity contribution >= 4 is 0 Å². The zero-order valence-corrected chi connectivity index (χ0v) is 14.3. The first-order chi connectivity index (χ1) is 10.7. The molecule has 0 bridgehead atoms. The van der Waals surface area contributed by atoms with E-state index in [1.165, 1.54) is 51.4 Å². The van der Waals surface area contributed by atoms with E-state index in [9.17, 15) is 4.91 Å². The van der Waals surface area contributed by atoms with E-state index < -0.39 is 0 Å². The molecule has 2 nitrogen and oxygen atoms in total. The molecule has 2 saturated carbocycles. The average Bonchev–Trinajstić information content (AvgIpc) is 2.90. The molecule has 0 saturated heterocycles. The van der Waals surface area contributed by atoms with Crippen molar-refractivity contribution in [2.45, 2.75) is 84.1 Å². The zero-order chi connectivity index (χ0) is 15.3. The summed E-state index contributed by atoms with van der Waals surface area (Å²) in [5.41, 5.74) is 4.07. The molecule has 0 aromatic rings. The smallest absolute Gasteiger partial charge is 0.0959 e. The molecule has 5 unspecified atom stereocenters. The molecule has 2 heteroatoms. The van der Waals surface area contributed by atoms with E-state index in [0.717, 1.165) is 36.5 Å². The average molecular weight is 301 g/mol. The molecule has 2 fully saturated rings. The fraction of sp³-hybridized carbons (Fsp3) is 0.900. The molecular formula is C20H31NO. The van der Waals surface area contributed by atoms with Crippen molar-refractivity contribution in [1.82, 2.24) is 0 Å². The number of allylic oxidation sites excluding steroid dienone is 1. The van der Waals surface area contributed by atoms with E-state index in [-0.39, 0.29) is 6.04 Å². The molecule has 6 atom stereocenters. The van der Waals surface area contributed by atoms with Crippen LogP contribution in [0.5, 0.6) is 0 Å². The van der Waals surface area contributed by atoms with Crippen LogP contribution in [0.3, 0.4) is 0 Å². The highest BCUT2D eigenvalue weighted by atomic mass is 16.3. The summed E-state index contributed by atoms with van der Waals surface area (Å²) in [6, 6.07) is 0.0834. The van der Waals surface area contributed by atoms with Gasteiger partial charge in [-0.2, -0.15) is 4.91 Å². The van der Waals surface area contributed by atoms with E-state index in [2.05, 4.69) is 19.0 Å². The largest absolute Gasteiger partial charge is 0.151 e. The molecule has 0 amide bonds. The van der Waals surface area contributed by atoms with Crippen LogP contribution in [0.4, 0.5) is 0 Å². The molecule has 122 valence electrons. The minimum absolute atomic E-state index is 0.0834. The van der Waals surface area contributed by atoms with E-state index in [1.54, 1.807) is 11.1 Å². The Morgan fingerprint density at radius 1 is 1.14 bits per heavy atom. The van der Waals surface area contributed by atoms with Gasteiger partial charge in [-0.1, -0.05) is 36.6 Å². The minimum atomic E-state index is 0.0834. The Morgan fingerprint density at radius 2 is 2.00 bits per heavy atom. The number of nitroso groups, excluding NO2 is 1. The quantitative estimate of drug-likeness (QED) is 0.463. The lowest BCUT2D eigenvalue weighted by Gasteiger charge is -2.52. The van der Waals surface area contributed by atoms with Crippen molar-refractivity contribution in [2.75, 3.05) is 0 Å². The summed E-state index contributed by atoms with van der Waals surface area (Å²) in [6.07, 6.45) is 13.1. The highest BCUT2D eigenvalue weighted by Gasteiger charge is 2.54. The second kappa shape index (κ2) is 5.46. The molecule has 4 aliphatic carbocycles. The third-order valence-electron chi connectivity index (χ3n) is 8.19. The second-order valence-electron chi connectivity index (χ2n) is 8.77. The summed E-state index contributed by atoms with van der Waals surface area (Å²) >= 11 is 0. The number of fused-ring (bicyclic) bond motifs is 4. The highest BCUT2D eigenvalue weighted by Crippen LogP contribution is 2.63. The summed E-state index contributed by atoms with van der Waals surface area (Å²) in [6.45, 7) is 5.02. The van der Waals surface area contributed by atoms with Gasteiger partial charge < -0.3 is 0 Å². The van der Waals surface area contributed by atoms with Gasteiger partial charge in [0.1, 0.15) is 0 Å². The van der Waals surface area contributed by atoms with Gasteiger partial charge in [-0.05, 0) is 86.9 Å². The monoisotopic (exact) mass is 301 g/mol. The van der Waals surface area contributed by atoms with Crippen molar-refractivity contribution in [3.63, 3.8) is 0 Å². The summed E-state index contributed by atoms with van der Waals surface area (Å²) in [4.78, 5) is 10.9. The Morgan fingerprint density at radius 3 is 2.77 bits per heavy atom.